The standard InChI is InChI=1S/C17H20N4O6/c1-17(2)14(24)21(16(26)20-17)9-11(22)27-12(10-7-5-4-6-8-10)13(23)19-15(25)18-3/h4-8,12H,9H2,1-3H3,(H,20,26)(H2,18,19,23,25). The first-order chi connectivity index (χ1) is 12.7. The minimum absolute atomic E-state index is 0.324. The third-order valence-electron chi connectivity index (χ3n) is 3.79. The number of nitrogens with zero attached hydrogens (tertiary/aromatic N) is 1. The van der Waals surface area contributed by atoms with E-state index in [2.05, 4.69) is 10.6 Å². The zero-order chi connectivity index (χ0) is 20.2. The van der Waals surface area contributed by atoms with Gasteiger partial charge in [0.05, 0.1) is 0 Å². The molecule has 0 saturated carbocycles. The zero-order valence-electron chi connectivity index (χ0n) is 15.1. The topological polar surface area (TPSA) is 134 Å². The quantitative estimate of drug-likeness (QED) is 0.491. The van der Waals surface area contributed by atoms with E-state index in [0.717, 1.165) is 0 Å². The van der Waals surface area contributed by atoms with E-state index in [9.17, 15) is 24.0 Å². The van der Waals surface area contributed by atoms with Crippen molar-refractivity contribution in [2.24, 2.45) is 0 Å². The van der Waals surface area contributed by atoms with E-state index >= 15 is 0 Å². The van der Waals surface area contributed by atoms with Gasteiger partial charge in [-0.3, -0.25) is 24.6 Å². The molecule has 10 nitrogen and oxygen atoms in total. The first kappa shape index (κ1) is 19.9. The minimum atomic E-state index is -1.43. The lowest BCUT2D eigenvalue weighted by atomic mass is 10.1. The van der Waals surface area contributed by atoms with E-state index in [1.54, 1.807) is 18.2 Å². The van der Waals surface area contributed by atoms with Gasteiger partial charge in [-0.05, 0) is 13.8 Å². The Morgan fingerprint density at radius 2 is 1.81 bits per heavy atom. The molecule has 1 unspecified atom stereocenters. The van der Waals surface area contributed by atoms with Crippen LogP contribution in [0.3, 0.4) is 0 Å². The average Bonchev–Trinajstić information content (AvgIpc) is 2.81. The Hall–Kier alpha value is -3.43. The summed E-state index contributed by atoms with van der Waals surface area (Å²) in [6.07, 6.45) is -1.43. The van der Waals surface area contributed by atoms with Gasteiger partial charge in [-0.15, -0.1) is 0 Å². The van der Waals surface area contributed by atoms with Gasteiger partial charge < -0.3 is 15.4 Å². The van der Waals surface area contributed by atoms with Crippen molar-refractivity contribution < 1.29 is 28.7 Å². The molecule has 1 fully saturated rings. The molecule has 1 aliphatic heterocycles. The molecule has 0 radical (unpaired) electrons. The lowest BCUT2D eigenvalue weighted by molar-refractivity contribution is -0.157. The van der Waals surface area contributed by atoms with E-state index in [1.807, 2.05) is 5.32 Å². The van der Waals surface area contributed by atoms with Crippen molar-refractivity contribution in [3.8, 4) is 0 Å². The number of urea groups is 2. The molecule has 0 bridgehead atoms. The molecule has 0 aliphatic carbocycles. The van der Waals surface area contributed by atoms with Crippen LogP contribution in [-0.2, 0) is 19.1 Å². The van der Waals surface area contributed by atoms with Gasteiger partial charge in [0.2, 0.25) is 6.10 Å². The number of hydrogen-bond donors (Lipinski definition) is 3. The minimum Gasteiger partial charge on any atom is -0.446 e. The summed E-state index contributed by atoms with van der Waals surface area (Å²) in [6.45, 7) is 2.34. The molecule has 27 heavy (non-hydrogen) atoms. The fourth-order valence-corrected chi connectivity index (χ4v) is 2.40. The number of ether oxygens (including phenoxy) is 1. The van der Waals surface area contributed by atoms with Crippen LogP contribution in [0.4, 0.5) is 9.59 Å². The zero-order valence-corrected chi connectivity index (χ0v) is 15.1. The van der Waals surface area contributed by atoms with Crippen LogP contribution >= 0.6 is 0 Å². The molecule has 0 spiro atoms. The molecule has 1 aromatic carbocycles. The summed E-state index contributed by atoms with van der Waals surface area (Å²) in [4.78, 5) is 60.7. The summed E-state index contributed by atoms with van der Waals surface area (Å²) in [5, 5.41) is 6.69. The molecular weight excluding hydrogens is 356 g/mol. The van der Waals surface area contributed by atoms with Crippen LogP contribution in [0.15, 0.2) is 30.3 Å². The maximum absolute atomic E-state index is 12.3. The molecule has 0 aromatic heterocycles. The average molecular weight is 376 g/mol. The van der Waals surface area contributed by atoms with Gasteiger partial charge in [0.25, 0.3) is 11.8 Å². The lowest BCUT2D eigenvalue weighted by Crippen LogP contribution is -2.43. The molecule has 1 heterocycles. The van der Waals surface area contributed by atoms with Crippen LogP contribution in [-0.4, -0.2) is 53.9 Å². The molecule has 1 atom stereocenters. The van der Waals surface area contributed by atoms with Gasteiger partial charge >= 0.3 is 18.0 Å². The predicted octanol–water partition coefficient (Wildman–Crippen LogP) is 0.0569. The Labute approximate surface area is 155 Å². The van der Waals surface area contributed by atoms with Crippen LogP contribution < -0.4 is 16.0 Å². The number of carbonyl (C=O) groups excluding carboxylic acids is 5. The van der Waals surface area contributed by atoms with Gasteiger partial charge in [-0.1, -0.05) is 30.3 Å². The van der Waals surface area contributed by atoms with Crippen molar-refractivity contribution in [1.82, 2.24) is 20.9 Å². The highest BCUT2D eigenvalue weighted by Crippen LogP contribution is 2.20. The van der Waals surface area contributed by atoms with Gasteiger partial charge in [0.1, 0.15) is 12.1 Å². The monoisotopic (exact) mass is 376 g/mol. The third-order valence-corrected chi connectivity index (χ3v) is 3.79. The molecule has 3 N–H and O–H groups in total. The number of nitrogens with one attached hydrogen (secondary N) is 3. The number of rotatable bonds is 5. The summed E-state index contributed by atoms with van der Waals surface area (Å²) in [5.74, 6) is -2.43. The second-order valence-corrected chi connectivity index (χ2v) is 6.30. The maximum atomic E-state index is 12.3. The van der Waals surface area contributed by atoms with Crippen molar-refractivity contribution >= 4 is 29.8 Å². The van der Waals surface area contributed by atoms with E-state index in [4.69, 9.17) is 4.74 Å². The van der Waals surface area contributed by atoms with Gasteiger partial charge in [0.15, 0.2) is 0 Å². The Kier molecular flexibility index (Phi) is 5.78. The van der Waals surface area contributed by atoms with Crippen molar-refractivity contribution in [3.63, 3.8) is 0 Å². The van der Waals surface area contributed by atoms with Crippen LogP contribution in [0.1, 0.15) is 25.5 Å². The summed E-state index contributed by atoms with van der Waals surface area (Å²) in [7, 11) is 1.32. The first-order valence-electron chi connectivity index (χ1n) is 8.07. The van der Waals surface area contributed by atoms with Crippen molar-refractivity contribution in [3.05, 3.63) is 35.9 Å². The van der Waals surface area contributed by atoms with Crippen LogP contribution in [0.5, 0.6) is 0 Å². The highest BCUT2D eigenvalue weighted by atomic mass is 16.5. The fourth-order valence-electron chi connectivity index (χ4n) is 2.40. The van der Waals surface area contributed by atoms with Gasteiger partial charge in [-0.25, -0.2) is 9.59 Å². The molecule has 144 valence electrons. The van der Waals surface area contributed by atoms with E-state index in [1.165, 1.54) is 33.0 Å². The van der Waals surface area contributed by atoms with Crippen LogP contribution in [0, 0.1) is 0 Å². The number of hydrogen-bond acceptors (Lipinski definition) is 6. The fraction of sp³-hybridized carbons (Fsp3) is 0.353. The highest BCUT2D eigenvalue weighted by Gasteiger charge is 2.45. The Bertz CT molecular complexity index is 777. The number of amides is 6. The van der Waals surface area contributed by atoms with E-state index in [-0.39, 0.29) is 0 Å². The summed E-state index contributed by atoms with van der Waals surface area (Å²) in [6, 6.07) is 6.54. The number of benzene rings is 1. The second-order valence-electron chi connectivity index (χ2n) is 6.30. The molecule has 2 rings (SSSR count). The molecular formula is C17H20N4O6. The van der Waals surface area contributed by atoms with Crippen molar-refractivity contribution in [1.29, 1.82) is 0 Å². The van der Waals surface area contributed by atoms with Gasteiger partial charge in [-0.2, -0.15) is 0 Å². The smallest absolute Gasteiger partial charge is 0.327 e. The lowest BCUT2D eigenvalue weighted by Gasteiger charge is -2.19. The largest absolute Gasteiger partial charge is 0.446 e. The molecule has 1 saturated heterocycles. The van der Waals surface area contributed by atoms with Crippen molar-refractivity contribution in [2.75, 3.05) is 13.6 Å². The number of carbonyl (C=O) groups is 5. The van der Waals surface area contributed by atoms with Crippen molar-refractivity contribution in [2.45, 2.75) is 25.5 Å². The Balaban J connectivity index is 2.14. The summed E-state index contributed by atoms with van der Waals surface area (Å²) >= 11 is 0. The molecule has 6 amide bonds. The molecule has 1 aromatic rings. The van der Waals surface area contributed by atoms with E-state index in [0.29, 0.717) is 10.5 Å². The Morgan fingerprint density at radius 3 is 2.33 bits per heavy atom. The predicted molar refractivity (Wildman–Crippen MR) is 92.2 cm³/mol. The van der Waals surface area contributed by atoms with E-state index < -0.39 is 48.0 Å². The maximum Gasteiger partial charge on any atom is 0.327 e. The Morgan fingerprint density at radius 1 is 1.19 bits per heavy atom. The van der Waals surface area contributed by atoms with Gasteiger partial charge in [0, 0.05) is 12.6 Å². The molecule has 1 aliphatic rings. The summed E-state index contributed by atoms with van der Waals surface area (Å²) in [5.41, 5.74) is -0.808. The first-order valence-corrected chi connectivity index (χ1v) is 8.07. The summed E-state index contributed by atoms with van der Waals surface area (Å²) < 4.78 is 5.17. The van der Waals surface area contributed by atoms with Crippen LogP contribution in [0.2, 0.25) is 0 Å². The molecule has 10 heteroatoms. The normalized spacial score (nSPS) is 16.3. The highest BCUT2D eigenvalue weighted by molar-refractivity contribution is 6.08. The second kappa shape index (κ2) is 7.85. The number of imide groups is 2. The van der Waals surface area contributed by atoms with Crippen LogP contribution in [0.25, 0.3) is 0 Å². The number of esters is 1. The SMILES string of the molecule is CNC(=O)NC(=O)C(OC(=O)CN1C(=O)NC(C)(C)C1=O)c1ccccc1. The third kappa shape index (κ3) is 4.60.